The Balaban J connectivity index is 1.49. The Morgan fingerprint density at radius 2 is 1.79 bits per heavy atom. The number of amides is 1. The molecule has 0 unspecified atom stereocenters. The molecule has 0 spiro atoms. The lowest BCUT2D eigenvalue weighted by molar-refractivity contribution is -0.119. The van der Waals surface area contributed by atoms with Gasteiger partial charge in [-0.15, -0.1) is 0 Å². The predicted octanol–water partition coefficient (Wildman–Crippen LogP) is 3.94. The third-order valence-corrected chi connectivity index (χ3v) is 6.90. The standard InChI is InChI=1S/C22H20N2O3S/c25-22(17-8-9-17)24-13-12-16-10-11-18(14-20(16)24)23-28(26,27)21-7-3-5-15-4-1-2-6-19(15)21/h1-7,10-11,14,17,23H,8-9,12-13H2. The second kappa shape index (κ2) is 6.34. The monoisotopic (exact) mass is 392 g/mol. The van der Waals surface area contributed by atoms with Gasteiger partial charge in [-0.3, -0.25) is 9.52 Å². The maximum Gasteiger partial charge on any atom is 0.262 e. The quantitative estimate of drug-likeness (QED) is 0.731. The molecule has 3 aromatic carbocycles. The van der Waals surface area contributed by atoms with Gasteiger partial charge in [0.25, 0.3) is 10.0 Å². The highest BCUT2D eigenvalue weighted by molar-refractivity contribution is 7.93. The molecule has 6 heteroatoms. The third kappa shape index (κ3) is 2.94. The Labute approximate surface area is 164 Å². The molecule has 0 saturated heterocycles. The molecule has 1 aliphatic carbocycles. The van der Waals surface area contributed by atoms with Crippen molar-refractivity contribution in [2.45, 2.75) is 24.2 Å². The molecule has 3 aromatic rings. The molecule has 0 atom stereocenters. The van der Waals surface area contributed by atoms with Crippen LogP contribution >= 0.6 is 0 Å². The zero-order valence-electron chi connectivity index (χ0n) is 15.3. The van der Waals surface area contributed by atoms with E-state index in [1.807, 2.05) is 41.3 Å². The van der Waals surface area contributed by atoms with Crippen LogP contribution in [-0.2, 0) is 21.2 Å². The molecule has 142 valence electrons. The van der Waals surface area contributed by atoms with E-state index in [9.17, 15) is 13.2 Å². The van der Waals surface area contributed by atoms with E-state index in [2.05, 4.69) is 4.72 Å². The van der Waals surface area contributed by atoms with Gasteiger partial charge in [0.05, 0.1) is 10.6 Å². The highest BCUT2D eigenvalue weighted by Gasteiger charge is 2.36. The normalized spacial score (nSPS) is 16.2. The van der Waals surface area contributed by atoms with Crippen LogP contribution in [0.2, 0.25) is 0 Å². The van der Waals surface area contributed by atoms with E-state index < -0.39 is 10.0 Å². The van der Waals surface area contributed by atoms with Crippen molar-refractivity contribution in [2.75, 3.05) is 16.2 Å². The fourth-order valence-electron chi connectivity index (χ4n) is 3.86. The van der Waals surface area contributed by atoms with E-state index in [0.717, 1.165) is 35.9 Å². The van der Waals surface area contributed by atoms with Crippen LogP contribution in [0, 0.1) is 5.92 Å². The van der Waals surface area contributed by atoms with Crippen molar-refractivity contribution in [3.05, 3.63) is 66.2 Å². The zero-order valence-corrected chi connectivity index (χ0v) is 16.1. The van der Waals surface area contributed by atoms with Gasteiger partial charge in [-0.1, -0.05) is 42.5 Å². The molecule has 5 nitrogen and oxygen atoms in total. The summed E-state index contributed by atoms with van der Waals surface area (Å²) < 4.78 is 28.8. The first kappa shape index (κ1) is 17.3. The van der Waals surface area contributed by atoms with Gasteiger partial charge in [0.15, 0.2) is 0 Å². The van der Waals surface area contributed by atoms with Crippen LogP contribution < -0.4 is 9.62 Å². The number of hydrogen-bond donors (Lipinski definition) is 1. The third-order valence-electron chi connectivity index (χ3n) is 5.46. The van der Waals surface area contributed by atoms with Gasteiger partial charge < -0.3 is 4.90 Å². The summed E-state index contributed by atoms with van der Waals surface area (Å²) in [7, 11) is -3.75. The molecule has 1 aliphatic heterocycles. The van der Waals surface area contributed by atoms with Crippen molar-refractivity contribution in [3.8, 4) is 0 Å². The lowest BCUT2D eigenvalue weighted by Crippen LogP contribution is -2.30. The molecule has 5 rings (SSSR count). The van der Waals surface area contributed by atoms with E-state index >= 15 is 0 Å². The number of anilines is 2. The smallest absolute Gasteiger partial charge is 0.262 e. The van der Waals surface area contributed by atoms with Gasteiger partial charge in [-0.25, -0.2) is 8.42 Å². The number of carbonyl (C=O) groups excluding carboxylic acids is 1. The maximum absolute atomic E-state index is 13.1. The largest absolute Gasteiger partial charge is 0.312 e. The second-order valence-corrected chi connectivity index (χ2v) is 9.09. The molecular weight excluding hydrogens is 372 g/mol. The molecule has 1 saturated carbocycles. The Bertz CT molecular complexity index is 1190. The highest BCUT2D eigenvalue weighted by Crippen LogP contribution is 2.38. The lowest BCUT2D eigenvalue weighted by Gasteiger charge is -2.18. The minimum absolute atomic E-state index is 0.141. The summed E-state index contributed by atoms with van der Waals surface area (Å²) in [4.78, 5) is 14.6. The molecule has 1 fully saturated rings. The van der Waals surface area contributed by atoms with E-state index in [0.29, 0.717) is 17.6 Å². The molecule has 1 N–H and O–H groups in total. The first-order valence-corrected chi connectivity index (χ1v) is 11.0. The summed E-state index contributed by atoms with van der Waals surface area (Å²) in [5.41, 5.74) is 2.39. The highest BCUT2D eigenvalue weighted by atomic mass is 32.2. The van der Waals surface area contributed by atoms with Crippen molar-refractivity contribution in [3.63, 3.8) is 0 Å². The van der Waals surface area contributed by atoms with Crippen LogP contribution in [0.1, 0.15) is 18.4 Å². The minimum atomic E-state index is -3.75. The predicted molar refractivity (Wildman–Crippen MR) is 110 cm³/mol. The molecule has 0 radical (unpaired) electrons. The molecule has 28 heavy (non-hydrogen) atoms. The van der Waals surface area contributed by atoms with Crippen molar-refractivity contribution in [1.82, 2.24) is 0 Å². The average molecular weight is 392 g/mol. The number of nitrogens with one attached hydrogen (secondary N) is 1. The number of carbonyl (C=O) groups is 1. The summed E-state index contributed by atoms with van der Waals surface area (Å²) >= 11 is 0. The SMILES string of the molecule is O=C(C1CC1)N1CCc2ccc(NS(=O)(=O)c3cccc4ccccc34)cc21. The van der Waals surface area contributed by atoms with E-state index in [4.69, 9.17) is 0 Å². The number of benzene rings is 3. The van der Waals surface area contributed by atoms with Crippen molar-refractivity contribution >= 4 is 38.1 Å². The maximum atomic E-state index is 13.1. The van der Waals surface area contributed by atoms with Crippen LogP contribution in [0.25, 0.3) is 10.8 Å². The van der Waals surface area contributed by atoms with Crippen LogP contribution in [-0.4, -0.2) is 20.9 Å². The van der Waals surface area contributed by atoms with E-state index in [1.54, 1.807) is 24.3 Å². The van der Waals surface area contributed by atoms with Gasteiger partial charge in [-0.05, 0) is 48.4 Å². The van der Waals surface area contributed by atoms with E-state index in [-0.39, 0.29) is 16.7 Å². The molecule has 1 heterocycles. The number of sulfonamides is 1. The Kier molecular flexibility index (Phi) is 3.91. The fourth-order valence-corrected chi connectivity index (χ4v) is 5.14. The first-order chi connectivity index (χ1) is 13.5. The van der Waals surface area contributed by atoms with Gasteiger partial charge in [0.2, 0.25) is 5.91 Å². The fraction of sp³-hybridized carbons (Fsp3) is 0.227. The summed E-state index contributed by atoms with van der Waals surface area (Å²) in [6, 6.07) is 18.1. The van der Waals surface area contributed by atoms with Gasteiger partial charge in [0.1, 0.15) is 0 Å². The lowest BCUT2D eigenvalue weighted by atomic mass is 10.1. The van der Waals surface area contributed by atoms with Crippen molar-refractivity contribution in [2.24, 2.45) is 5.92 Å². The Morgan fingerprint density at radius 1 is 1.00 bits per heavy atom. The average Bonchev–Trinajstić information content (AvgIpc) is 3.46. The molecular formula is C22H20N2O3S. The topological polar surface area (TPSA) is 66.5 Å². The molecule has 1 amide bonds. The zero-order chi connectivity index (χ0) is 19.3. The number of rotatable bonds is 4. The van der Waals surface area contributed by atoms with Gasteiger partial charge in [0, 0.05) is 23.5 Å². The van der Waals surface area contributed by atoms with Crippen LogP contribution in [0.5, 0.6) is 0 Å². The van der Waals surface area contributed by atoms with Crippen molar-refractivity contribution in [1.29, 1.82) is 0 Å². The van der Waals surface area contributed by atoms with Crippen LogP contribution in [0.3, 0.4) is 0 Å². The first-order valence-electron chi connectivity index (χ1n) is 9.48. The molecule has 0 bridgehead atoms. The molecule has 0 aromatic heterocycles. The van der Waals surface area contributed by atoms with E-state index in [1.165, 1.54) is 0 Å². The number of fused-ring (bicyclic) bond motifs is 2. The summed E-state index contributed by atoms with van der Waals surface area (Å²) in [6.45, 7) is 0.671. The Morgan fingerprint density at radius 3 is 2.61 bits per heavy atom. The van der Waals surface area contributed by atoms with Gasteiger partial charge in [-0.2, -0.15) is 0 Å². The molecule has 2 aliphatic rings. The van der Waals surface area contributed by atoms with Gasteiger partial charge >= 0.3 is 0 Å². The van der Waals surface area contributed by atoms with Crippen LogP contribution in [0.15, 0.2) is 65.6 Å². The number of nitrogens with zero attached hydrogens (tertiary/aromatic N) is 1. The van der Waals surface area contributed by atoms with Crippen LogP contribution in [0.4, 0.5) is 11.4 Å². The number of hydrogen-bond acceptors (Lipinski definition) is 3. The summed E-state index contributed by atoms with van der Waals surface area (Å²) in [5, 5.41) is 1.56. The van der Waals surface area contributed by atoms with Crippen molar-refractivity contribution < 1.29 is 13.2 Å². The summed E-state index contributed by atoms with van der Waals surface area (Å²) in [5.74, 6) is 0.301. The second-order valence-electron chi connectivity index (χ2n) is 7.44. The summed E-state index contributed by atoms with van der Waals surface area (Å²) in [6.07, 6.45) is 2.72. The Hall–Kier alpha value is -2.86. The minimum Gasteiger partial charge on any atom is -0.312 e.